The van der Waals surface area contributed by atoms with Gasteiger partial charge in [-0.1, -0.05) is 349 Å². The molecule has 0 aliphatic carbocycles. The van der Waals surface area contributed by atoms with Crippen LogP contribution in [0, 0.1) is 0 Å². The van der Waals surface area contributed by atoms with Gasteiger partial charge in [-0.05, 0) is 83.5 Å². The minimum atomic E-state index is -0.804. The van der Waals surface area contributed by atoms with Crippen molar-refractivity contribution in [1.82, 2.24) is 0 Å². The summed E-state index contributed by atoms with van der Waals surface area (Å²) in [7, 11) is 0. The second kappa shape index (κ2) is 70.8. The summed E-state index contributed by atoms with van der Waals surface area (Å²) >= 11 is 0. The molecule has 0 aliphatic heterocycles. The molecule has 0 amide bonds. The highest BCUT2D eigenvalue weighted by Gasteiger charge is 2.19. The molecule has 0 heterocycles. The molecule has 83 heavy (non-hydrogen) atoms. The fraction of sp³-hybridized carbons (Fsp3) is 0.753. The first-order chi connectivity index (χ1) is 41.0. The molecule has 0 fully saturated rings. The first-order valence-corrected chi connectivity index (χ1v) is 35.7. The molecule has 1 unspecified atom stereocenters. The lowest BCUT2D eigenvalue weighted by Crippen LogP contribution is -2.30. The van der Waals surface area contributed by atoms with Crippen molar-refractivity contribution in [1.29, 1.82) is 0 Å². The van der Waals surface area contributed by atoms with Gasteiger partial charge in [0.1, 0.15) is 13.2 Å². The number of esters is 3. The van der Waals surface area contributed by atoms with Crippen molar-refractivity contribution in [3.63, 3.8) is 0 Å². The Morgan fingerprint density at radius 3 is 0.807 bits per heavy atom. The highest BCUT2D eigenvalue weighted by Crippen LogP contribution is 2.18. The van der Waals surface area contributed by atoms with E-state index < -0.39 is 6.10 Å². The zero-order chi connectivity index (χ0) is 59.9. The maximum absolute atomic E-state index is 12.9. The van der Waals surface area contributed by atoms with E-state index in [2.05, 4.69) is 112 Å². The molecule has 6 nitrogen and oxygen atoms in total. The average Bonchev–Trinajstić information content (AvgIpc) is 3.49. The van der Waals surface area contributed by atoms with Crippen LogP contribution < -0.4 is 0 Å². The molecule has 6 heteroatoms. The van der Waals surface area contributed by atoms with E-state index in [4.69, 9.17) is 14.2 Å². The predicted molar refractivity (Wildman–Crippen MR) is 362 cm³/mol. The minimum Gasteiger partial charge on any atom is -0.462 e. The van der Waals surface area contributed by atoms with Gasteiger partial charge in [0.2, 0.25) is 0 Å². The molecular formula is C77H134O6. The van der Waals surface area contributed by atoms with Gasteiger partial charge in [-0.3, -0.25) is 14.4 Å². The predicted octanol–water partition coefficient (Wildman–Crippen LogP) is 24.8. The van der Waals surface area contributed by atoms with E-state index in [1.165, 1.54) is 218 Å². The molecular weight excluding hydrogens is 1020 g/mol. The third-order valence-electron chi connectivity index (χ3n) is 15.6. The highest BCUT2D eigenvalue weighted by molar-refractivity contribution is 5.71. The summed E-state index contributed by atoms with van der Waals surface area (Å²) in [5, 5.41) is 0. The van der Waals surface area contributed by atoms with Crippen LogP contribution in [-0.2, 0) is 28.6 Å². The van der Waals surface area contributed by atoms with Gasteiger partial charge in [0.05, 0.1) is 0 Å². The van der Waals surface area contributed by atoms with Gasteiger partial charge in [0.15, 0.2) is 6.10 Å². The SMILES string of the molecule is CC/C=C\C/C=C\C/C=C\C/C=C\CCCCCCCCCCCCCCCCCCCCCCC(=O)OCC(COC(=O)CC/C=C\C/C=C\C/C=C\C/C=C\CC)OC(=O)CCCCCCCCCCCCCCCCCCCCC. The Morgan fingerprint density at radius 2 is 0.494 bits per heavy atom. The Bertz CT molecular complexity index is 1610. The van der Waals surface area contributed by atoms with Gasteiger partial charge >= 0.3 is 17.9 Å². The third-order valence-corrected chi connectivity index (χ3v) is 15.6. The van der Waals surface area contributed by atoms with E-state index in [0.29, 0.717) is 19.3 Å². The lowest BCUT2D eigenvalue weighted by atomic mass is 10.0. The molecule has 0 rings (SSSR count). The fourth-order valence-electron chi connectivity index (χ4n) is 10.3. The summed E-state index contributed by atoms with van der Waals surface area (Å²) in [5.41, 5.74) is 0. The summed E-state index contributed by atoms with van der Waals surface area (Å²) in [6, 6.07) is 0. The Kier molecular flexibility index (Phi) is 67.7. The van der Waals surface area contributed by atoms with Crippen molar-refractivity contribution >= 4 is 17.9 Å². The molecule has 0 aromatic carbocycles. The number of hydrogen-bond donors (Lipinski definition) is 0. The van der Waals surface area contributed by atoms with Crippen molar-refractivity contribution in [2.75, 3.05) is 13.2 Å². The summed E-state index contributed by atoms with van der Waals surface area (Å²) in [5.74, 6) is -0.959. The minimum absolute atomic E-state index is 0.0940. The second-order valence-electron chi connectivity index (χ2n) is 23.7. The first kappa shape index (κ1) is 79.3. The van der Waals surface area contributed by atoms with Crippen molar-refractivity contribution in [2.24, 2.45) is 0 Å². The number of carbonyl (C=O) groups excluding carboxylic acids is 3. The number of hydrogen-bond acceptors (Lipinski definition) is 6. The molecule has 0 N–H and O–H groups in total. The van der Waals surface area contributed by atoms with E-state index in [9.17, 15) is 14.4 Å². The fourth-order valence-corrected chi connectivity index (χ4v) is 10.3. The van der Waals surface area contributed by atoms with Gasteiger partial charge in [-0.2, -0.15) is 0 Å². The van der Waals surface area contributed by atoms with Gasteiger partial charge < -0.3 is 14.2 Å². The Hall–Kier alpha value is -3.67. The summed E-state index contributed by atoms with van der Waals surface area (Å²) < 4.78 is 16.9. The normalized spacial score (nSPS) is 12.7. The molecule has 0 bridgehead atoms. The maximum atomic E-state index is 12.9. The van der Waals surface area contributed by atoms with Gasteiger partial charge in [0.25, 0.3) is 0 Å². The number of unbranched alkanes of at least 4 members (excludes halogenated alkanes) is 38. The van der Waals surface area contributed by atoms with Crippen LogP contribution in [0.2, 0.25) is 0 Å². The van der Waals surface area contributed by atoms with Gasteiger partial charge in [0, 0.05) is 19.3 Å². The molecule has 0 saturated carbocycles. The molecule has 0 spiro atoms. The standard InChI is InChI=1S/C77H134O6/c1-4-7-10-13-16-19-22-25-27-29-31-32-33-34-35-36-37-38-39-40-41-42-43-44-46-47-49-52-55-58-61-64-67-70-76(79)82-73-74(72-81-75(78)69-66-63-60-57-54-51-24-21-18-15-12-9-6-3)83-77(80)71-68-65-62-59-56-53-50-48-45-30-28-26-23-20-17-14-11-8-5-2/h7,9-10,12,16,18-19,21,25,27,31-32,51,54,60,63,74H,4-6,8,11,13-15,17,20,22-24,26,28-30,33-50,52-53,55-59,61-62,64-73H2,1-3H3/b10-7-,12-9-,19-16-,21-18-,27-25-,32-31-,54-51-,63-60-. The Morgan fingerprint density at radius 1 is 0.253 bits per heavy atom. The highest BCUT2D eigenvalue weighted by atomic mass is 16.6. The zero-order valence-corrected chi connectivity index (χ0v) is 54.9. The number of rotatable bonds is 65. The van der Waals surface area contributed by atoms with Crippen LogP contribution in [0.5, 0.6) is 0 Å². The summed E-state index contributed by atoms with van der Waals surface area (Å²) in [6.07, 6.45) is 96.1. The van der Waals surface area contributed by atoms with E-state index in [1.54, 1.807) is 0 Å². The van der Waals surface area contributed by atoms with E-state index in [1.807, 2.05) is 6.08 Å². The molecule has 478 valence electrons. The Balaban J connectivity index is 4.18. The molecule has 0 saturated heterocycles. The quantitative estimate of drug-likeness (QED) is 0.0261. The van der Waals surface area contributed by atoms with Crippen molar-refractivity contribution < 1.29 is 28.6 Å². The number of ether oxygens (including phenoxy) is 3. The number of carbonyl (C=O) groups is 3. The van der Waals surface area contributed by atoms with E-state index >= 15 is 0 Å². The molecule has 0 aromatic heterocycles. The van der Waals surface area contributed by atoms with Crippen LogP contribution in [0.15, 0.2) is 97.2 Å². The van der Waals surface area contributed by atoms with Crippen LogP contribution >= 0.6 is 0 Å². The monoisotopic (exact) mass is 1160 g/mol. The topological polar surface area (TPSA) is 78.9 Å². The lowest BCUT2D eigenvalue weighted by Gasteiger charge is -2.18. The Labute approximate surface area is 515 Å². The molecule has 0 aromatic rings. The number of allylic oxidation sites excluding steroid dienone is 16. The molecule has 1 atom stereocenters. The largest absolute Gasteiger partial charge is 0.462 e. The van der Waals surface area contributed by atoms with E-state index in [0.717, 1.165) is 89.9 Å². The maximum Gasteiger partial charge on any atom is 0.306 e. The van der Waals surface area contributed by atoms with Crippen molar-refractivity contribution in [2.45, 2.75) is 361 Å². The molecule has 0 radical (unpaired) electrons. The third kappa shape index (κ3) is 69.0. The van der Waals surface area contributed by atoms with Crippen molar-refractivity contribution in [3.05, 3.63) is 97.2 Å². The van der Waals surface area contributed by atoms with Crippen LogP contribution in [0.4, 0.5) is 0 Å². The average molecular weight is 1160 g/mol. The van der Waals surface area contributed by atoms with Crippen LogP contribution in [0.1, 0.15) is 355 Å². The summed E-state index contributed by atoms with van der Waals surface area (Å²) in [4.78, 5) is 38.3. The first-order valence-electron chi connectivity index (χ1n) is 35.7. The van der Waals surface area contributed by atoms with Crippen LogP contribution in [0.25, 0.3) is 0 Å². The van der Waals surface area contributed by atoms with Crippen molar-refractivity contribution in [3.8, 4) is 0 Å². The lowest BCUT2D eigenvalue weighted by molar-refractivity contribution is -0.166. The second-order valence-corrected chi connectivity index (χ2v) is 23.7. The van der Waals surface area contributed by atoms with Crippen LogP contribution in [-0.4, -0.2) is 37.2 Å². The van der Waals surface area contributed by atoms with E-state index in [-0.39, 0.29) is 37.5 Å². The zero-order valence-electron chi connectivity index (χ0n) is 54.9. The smallest absolute Gasteiger partial charge is 0.306 e. The summed E-state index contributed by atoms with van der Waals surface area (Å²) in [6.45, 7) is 6.40. The van der Waals surface area contributed by atoms with Gasteiger partial charge in [-0.25, -0.2) is 0 Å². The molecule has 0 aliphatic rings. The van der Waals surface area contributed by atoms with Crippen LogP contribution in [0.3, 0.4) is 0 Å². The van der Waals surface area contributed by atoms with Gasteiger partial charge in [-0.15, -0.1) is 0 Å².